The molecular weight excluding hydrogens is 326 g/mol. The van der Waals surface area contributed by atoms with Crippen molar-refractivity contribution >= 4 is 5.78 Å². The van der Waals surface area contributed by atoms with Gasteiger partial charge in [-0.2, -0.15) is 5.26 Å². The monoisotopic (exact) mass is 344 g/mol. The Labute approximate surface area is 144 Å². The van der Waals surface area contributed by atoms with Crippen LogP contribution in [0, 0.1) is 23.0 Å². The number of nitrogens with zero attached hydrogens (tertiary/aromatic N) is 4. The normalized spacial score (nSPS) is 15.1. The third-order valence-electron chi connectivity index (χ3n) is 4.53. The van der Waals surface area contributed by atoms with Crippen molar-refractivity contribution in [3.8, 4) is 6.07 Å². The van der Waals surface area contributed by atoms with Crippen molar-refractivity contribution < 1.29 is 13.6 Å². The topological polar surface area (TPSA) is 71.6 Å². The summed E-state index contributed by atoms with van der Waals surface area (Å²) in [7, 11) is 0. The van der Waals surface area contributed by atoms with Crippen LogP contribution in [0.3, 0.4) is 0 Å². The SMILES string of the molecule is N#C[C@@H](C(=O)CCc1c(F)cccc1F)c1nnc2n1CCCCC2. The minimum atomic E-state index is -1.06. The molecule has 1 aromatic heterocycles. The first-order chi connectivity index (χ1) is 12.1. The number of aryl methyl sites for hydroxylation is 1. The Kier molecular flexibility index (Phi) is 5.17. The Bertz CT molecular complexity index is 805. The molecule has 7 heteroatoms. The maximum Gasteiger partial charge on any atom is 0.164 e. The fourth-order valence-corrected chi connectivity index (χ4v) is 3.16. The largest absolute Gasteiger partial charge is 0.313 e. The Morgan fingerprint density at radius 2 is 2.00 bits per heavy atom. The molecule has 0 saturated carbocycles. The lowest BCUT2D eigenvalue weighted by molar-refractivity contribution is -0.119. The van der Waals surface area contributed by atoms with Crippen LogP contribution in [0.25, 0.3) is 0 Å². The number of fused-ring (bicyclic) bond motifs is 1. The second-order valence-electron chi connectivity index (χ2n) is 6.17. The second-order valence-corrected chi connectivity index (χ2v) is 6.17. The third-order valence-corrected chi connectivity index (χ3v) is 4.53. The molecule has 5 nitrogen and oxygen atoms in total. The minimum absolute atomic E-state index is 0.0868. The van der Waals surface area contributed by atoms with Gasteiger partial charge in [-0.05, 0) is 31.4 Å². The maximum atomic E-state index is 13.7. The zero-order valence-electron chi connectivity index (χ0n) is 13.7. The molecule has 1 aliphatic heterocycles. The molecule has 130 valence electrons. The molecule has 25 heavy (non-hydrogen) atoms. The van der Waals surface area contributed by atoms with E-state index < -0.39 is 23.3 Å². The molecule has 0 aliphatic carbocycles. The highest BCUT2D eigenvalue weighted by atomic mass is 19.1. The van der Waals surface area contributed by atoms with E-state index in [-0.39, 0.29) is 18.4 Å². The number of hydrogen-bond donors (Lipinski definition) is 0. The summed E-state index contributed by atoms with van der Waals surface area (Å²) in [5.41, 5.74) is -0.132. The van der Waals surface area contributed by atoms with Crippen molar-refractivity contribution in [2.75, 3.05) is 0 Å². The van der Waals surface area contributed by atoms with Crippen LogP contribution in [0.4, 0.5) is 8.78 Å². The number of halogens is 2. The Hall–Kier alpha value is -2.62. The molecule has 1 aliphatic rings. The summed E-state index contributed by atoms with van der Waals surface area (Å²) in [6, 6.07) is 5.57. The second kappa shape index (κ2) is 7.51. The first-order valence-corrected chi connectivity index (χ1v) is 8.39. The van der Waals surface area contributed by atoms with Crippen molar-refractivity contribution in [3.05, 3.63) is 47.0 Å². The van der Waals surface area contributed by atoms with Gasteiger partial charge in [0.2, 0.25) is 0 Å². The lowest BCUT2D eigenvalue weighted by Gasteiger charge is -2.11. The van der Waals surface area contributed by atoms with Crippen LogP contribution in [-0.4, -0.2) is 20.5 Å². The number of carbonyl (C=O) groups is 1. The maximum absolute atomic E-state index is 13.7. The molecular formula is C18H18F2N4O. The van der Waals surface area contributed by atoms with Crippen LogP contribution in [0.15, 0.2) is 18.2 Å². The number of hydrogen-bond acceptors (Lipinski definition) is 4. The zero-order valence-corrected chi connectivity index (χ0v) is 13.7. The Morgan fingerprint density at radius 1 is 1.24 bits per heavy atom. The molecule has 0 radical (unpaired) electrons. The molecule has 0 amide bonds. The highest BCUT2D eigenvalue weighted by Crippen LogP contribution is 2.23. The van der Waals surface area contributed by atoms with E-state index in [9.17, 15) is 18.8 Å². The van der Waals surface area contributed by atoms with E-state index in [1.807, 2.05) is 10.6 Å². The first-order valence-electron chi connectivity index (χ1n) is 8.39. The van der Waals surface area contributed by atoms with Gasteiger partial charge < -0.3 is 4.57 Å². The fourth-order valence-electron chi connectivity index (χ4n) is 3.16. The van der Waals surface area contributed by atoms with E-state index in [0.717, 1.165) is 43.6 Å². The molecule has 0 unspecified atom stereocenters. The highest BCUT2D eigenvalue weighted by Gasteiger charge is 2.28. The van der Waals surface area contributed by atoms with E-state index in [1.54, 1.807) is 0 Å². The number of nitriles is 1. The van der Waals surface area contributed by atoms with Gasteiger partial charge in [0.1, 0.15) is 17.5 Å². The van der Waals surface area contributed by atoms with Crippen molar-refractivity contribution in [1.82, 2.24) is 14.8 Å². The molecule has 2 aromatic rings. The smallest absolute Gasteiger partial charge is 0.164 e. The van der Waals surface area contributed by atoms with Gasteiger partial charge in [0, 0.05) is 24.9 Å². The molecule has 1 aromatic carbocycles. The number of Topliss-reactive ketones (excluding diaryl/α,β-unsaturated/α-hetero) is 1. The van der Waals surface area contributed by atoms with Gasteiger partial charge >= 0.3 is 0 Å². The van der Waals surface area contributed by atoms with E-state index in [4.69, 9.17) is 0 Å². The van der Waals surface area contributed by atoms with Crippen LogP contribution < -0.4 is 0 Å². The highest BCUT2D eigenvalue weighted by molar-refractivity contribution is 5.87. The number of ketones is 1. The number of rotatable bonds is 5. The standard InChI is InChI=1S/C18H18F2N4O/c19-14-5-4-6-15(20)12(14)8-9-16(25)13(11-21)18-23-22-17-7-2-1-3-10-24(17)18/h4-6,13H,1-3,7-10H2/t13-/m0/s1. The zero-order chi connectivity index (χ0) is 17.8. The van der Waals surface area contributed by atoms with Crippen molar-refractivity contribution in [3.63, 3.8) is 0 Å². The first kappa shape index (κ1) is 17.2. The Morgan fingerprint density at radius 3 is 2.72 bits per heavy atom. The van der Waals surface area contributed by atoms with Crippen LogP contribution in [0.2, 0.25) is 0 Å². The van der Waals surface area contributed by atoms with Gasteiger partial charge in [0.05, 0.1) is 6.07 Å². The summed E-state index contributed by atoms with van der Waals surface area (Å²) < 4.78 is 29.2. The lowest BCUT2D eigenvalue weighted by atomic mass is 9.97. The molecule has 0 bridgehead atoms. The molecule has 0 N–H and O–H groups in total. The third kappa shape index (κ3) is 3.58. The van der Waals surface area contributed by atoms with Crippen LogP contribution in [0.5, 0.6) is 0 Å². The number of carbonyl (C=O) groups excluding carboxylic acids is 1. The summed E-state index contributed by atoms with van der Waals surface area (Å²) >= 11 is 0. The fraction of sp³-hybridized carbons (Fsp3) is 0.444. The van der Waals surface area contributed by atoms with Gasteiger partial charge in [-0.25, -0.2) is 8.78 Å². The average molecular weight is 344 g/mol. The van der Waals surface area contributed by atoms with E-state index in [2.05, 4.69) is 10.2 Å². The summed E-state index contributed by atoms with van der Waals surface area (Å²) in [4.78, 5) is 12.5. The predicted molar refractivity (Wildman–Crippen MR) is 85.6 cm³/mol. The van der Waals surface area contributed by atoms with Crippen LogP contribution in [-0.2, 0) is 24.2 Å². The van der Waals surface area contributed by atoms with Crippen molar-refractivity contribution in [1.29, 1.82) is 5.26 Å². The van der Waals surface area contributed by atoms with Crippen molar-refractivity contribution in [2.24, 2.45) is 0 Å². The molecule has 0 fully saturated rings. The predicted octanol–water partition coefficient (Wildman–Crippen LogP) is 3.09. The van der Waals surface area contributed by atoms with Crippen LogP contribution >= 0.6 is 0 Å². The van der Waals surface area contributed by atoms with Gasteiger partial charge in [-0.1, -0.05) is 12.5 Å². The molecule has 2 heterocycles. The summed E-state index contributed by atoms with van der Waals surface area (Å²) in [6.07, 6.45) is 3.59. The summed E-state index contributed by atoms with van der Waals surface area (Å²) in [6.45, 7) is 0.686. The lowest BCUT2D eigenvalue weighted by Crippen LogP contribution is -2.18. The van der Waals surface area contributed by atoms with Gasteiger partial charge in [-0.15, -0.1) is 10.2 Å². The number of aromatic nitrogens is 3. The number of benzene rings is 1. The Balaban J connectivity index is 1.77. The van der Waals surface area contributed by atoms with Gasteiger partial charge in [-0.3, -0.25) is 4.79 Å². The van der Waals surface area contributed by atoms with Crippen molar-refractivity contribution in [2.45, 2.75) is 51.0 Å². The molecule has 3 rings (SSSR count). The molecule has 0 saturated heterocycles. The molecule has 1 atom stereocenters. The quantitative estimate of drug-likeness (QED) is 0.835. The van der Waals surface area contributed by atoms with Crippen LogP contribution in [0.1, 0.15) is 48.8 Å². The summed E-state index contributed by atoms with van der Waals surface area (Å²) in [5, 5.41) is 17.6. The average Bonchev–Trinajstić information content (AvgIpc) is 2.83. The van der Waals surface area contributed by atoms with Gasteiger partial charge in [0.15, 0.2) is 17.5 Å². The van der Waals surface area contributed by atoms with E-state index in [0.29, 0.717) is 12.4 Å². The molecule has 0 spiro atoms. The van der Waals surface area contributed by atoms with E-state index in [1.165, 1.54) is 6.07 Å². The van der Waals surface area contributed by atoms with E-state index >= 15 is 0 Å². The van der Waals surface area contributed by atoms with Gasteiger partial charge in [0.25, 0.3) is 0 Å². The summed E-state index contributed by atoms with van der Waals surface area (Å²) in [5.74, 6) is -1.69. The minimum Gasteiger partial charge on any atom is -0.313 e.